The van der Waals surface area contributed by atoms with Gasteiger partial charge in [-0.2, -0.15) is 15.2 Å². The van der Waals surface area contributed by atoms with Crippen molar-refractivity contribution in [3.8, 4) is 6.07 Å². The first-order chi connectivity index (χ1) is 13.1. The average molecular weight is 418 g/mol. The fraction of sp³-hybridized carbons (Fsp3) is 0.111. The van der Waals surface area contributed by atoms with E-state index < -0.39 is 0 Å². The summed E-state index contributed by atoms with van der Waals surface area (Å²) in [4.78, 5) is 13.2. The van der Waals surface area contributed by atoms with Crippen LogP contribution < -0.4 is 5.32 Å². The van der Waals surface area contributed by atoms with Crippen molar-refractivity contribution in [3.63, 3.8) is 0 Å². The van der Waals surface area contributed by atoms with Crippen LogP contribution in [-0.4, -0.2) is 22.1 Å². The zero-order valence-electron chi connectivity index (χ0n) is 14.1. The van der Waals surface area contributed by atoms with Crippen molar-refractivity contribution in [1.29, 1.82) is 5.26 Å². The highest BCUT2D eigenvalue weighted by atomic mass is 35.5. The van der Waals surface area contributed by atoms with Gasteiger partial charge < -0.3 is 9.50 Å². The Kier molecular flexibility index (Phi) is 6.48. The molecule has 136 valence electrons. The largest absolute Gasteiger partial charge is 0.324 e. The van der Waals surface area contributed by atoms with Crippen molar-refractivity contribution in [3.05, 3.63) is 69.5 Å². The molecule has 2 aromatic carbocycles. The minimum Gasteiger partial charge on any atom is -0.324 e. The van der Waals surface area contributed by atoms with E-state index in [-0.39, 0.29) is 0 Å². The van der Waals surface area contributed by atoms with E-state index in [1.807, 2.05) is 0 Å². The van der Waals surface area contributed by atoms with E-state index in [2.05, 4.69) is 26.3 Å². The molecular weight excluding hydrogens is 405 g/mol. The fourth-order valence-electron chi connectivity index (χ4n) is 2.26. The Hall–Kier alpha value is -2.37. The van der Waals surface area contributed by atoms with Crippen LogP contribution in [0, 0.1) is 11.3 Å². The van der Waals surface area contributed by atoms with Gasteiger partial charge in [0.25, 0.3) is 0 Å². The normalized spacial score (nSPS) is 10.4. The first-order valence-electron chi connectivity index (χ1n) is 7.74. The third-order valence-corrected chi connectivity index (χ3v) is 4.69. The van der Waals surface area contributed by atoms with Crippen LogP contribution in [0.5, 0.6) is 0 Å². The summed E-state index contributed by atoms with van der Waals surface area (Å²) in [6, 6.07) is 14.4. The molecule has 1 aromatic heterocycles. The van der Waals surface area contributed by atoms with E-state index in [1.165, 1.54) is 7.11 Å². The zero-order chi connectivity index (χ0) is 19.2. The number of nitrogens with zero attached hydrogens (tertiary/aromatic N) is 4. The Bertz CT molecular complexity index is 972. The minimum atomic E-state index is 0.348. The van der Waals surface area contributed by atoms with E-state index in [9.17, 15) is 0 Å². The number of nitriles is 1. The van der Waals surface area contributed by atoms with Crippen LogP contribution in [0.2, 0.25) is 10.0 Å². The molecule has 0 saturated heterocycles. The van der Waals surface area contributed by atoms with Gasteiger partial charge in [0.15, 0.2) is 0 Å². The highest BCUT2D eigenvalue weighted by molar-refractivity contribution is 7.94. The summed E-state index contributed by atoms with van der Waals surface area (Å²) in [5.74, 6) is 0.850. The first kappa shape index (κ1) is 19.4. The lowest BCUT2D eigenvalue weighted by Crippen LogP contribution is -2.06. The summed E-state index contributed by atoms with van der Waals surface area (Å²) < 4.78 is 5.06. The molecule has 9 heteroatoms. The molecule has 27 heavy (non-hydrogen) atoms. The molecule has 1 N–H and O–H groups in total. The SMILES string of the molecule is COSc1nc(Cc2c(Cl)cccc2Cl)nc(Nc2ccc(C#N)cc2)n1. The average Bonchev–Trinajstić information content (AvgIpc) is 2.66. The van der Waals surface area contributed by atoms with Crippen molar-refractivity contribution < 1.29 is 4.18 Å². The monoisotopic (exact) mass is 417 g/mol. The molecule has 0 spiro atoms. The summed E-state index contributed by atoms with van der Waals surface area (Å²) in [5, 5.41) is 13.5. The molecule has 0 amide bonds. The molecule has 6 nitrogen and oxygen atoms in total. The van der Waals surface area contributed by atoms with Crippen LogP contribution in [0.4, 0.5) is 11.6 Å². The maximum absolute atomic E-state index is 8.89. The lowest BCUT2D eigenvalue weighted by atomic mass is 10.1. The Balaban J connectivity index is 1.91. The Morgan fingerprint density at radius 3 is 2.41 bits per heavy atom. The molecule has 0 fully saturated rings. The molecule has 3 rings (SSSR count). The van der Waals surface area contributed by atoms with Crippen molar-refractivity contribution in [2.75, 3.05) is 12.4 Å². The Labute approximate surface area is 170 Å². The molecule has 0 aliphatic rings. The number of benzene rings is 2. The number of nitrogens with one attached hydrogen (secondary N) is 1. The second-order valence-electron chi connectivity index (χ2n) is 5.30. The maximum Gasteiger partial charge on any atom is 0.231 e. The van der Waals surface area contributed by atoms with Gasteiger partial charge in [-0.25, -0.2) is 4.98 Å². The van der Waals surface area contributed by atoms with E-state index in [4.69, 9.17) is 32.6 Å². The molecule has 3 aromatic rings. The number of rotatable bonds is 6. The van der Waals surface area contributed by atoms with Gasteiger partial charge in [-0.05, 0) is 42.0 Å². The lowest BCUT2D eigenvalue weighted by Gasteiger charge is -2.10. The minimum absolute atomic E-state index is 0.348. The van der Waals surface area contributed by atoms with Crippen molar-refractivity contribution in [2.45, 2.75) is 11.6 Å². The van der Waals surface area contributed by atoms with E-state index >= 15 is 0 Å². The third kappa shape index (κ3) is 5.08. The van der Waals surface area contributed by atoms with Gasteiger partial charge in [-0.1, -0.05) is 29.3 Å². The van der Waals surface area contributed by atoms with Gasteiger partial charge >= 0.3 is 0 Å². The Morgan fingerprint density at radius 1 is 1.07 bits per heavy atom. The van der Waals surface area contributed by atoms with Crippen molar-refractivity contribution in [1.82, 2.24) is 15.0 Å². The van der Waals surface area contributed by atoms with E-state index in [1.54, 1.807) is 42.5 Å². The molecule has 0 bridgehead atoms. The maximum atomic E-state index is 8.89. The van der Waals surface area contributed by atoms with Crippen LogP contribution in [0.1, 0.15) is 17.0 Å². The summed E-state index contributed by atoms with van der Waals surface area (Å²) in [7, 11) is 1.53. The predicted molar refractivity (Wildman–Crippen MR) is 106 cm³/mol. The van der Waals surface area contributed by atoms with Crippen LogP contribution in [0.3, 0.4) is 0 Å². The van der Waals surface area contributed by atoms with Crippen LogP contribution in [0.25, 0.3) is 0 Å². The summed E-state index contributed by atoms with van der Waals surface area (Å²) in [6.45, 7) is 0. The van der Waals surface area contributed by atoms with E-state index in [0.29, 0.717) is 39.0 Å². The van der Waals surface area contributed by atoms with Gasteiger partial charge in [-0.15, -0.1) is 0 Å². The molecular formula is C18H13Cl2N5OS. The molecule has 0 radical (unpaired) electrons. The van der Waals surface area contributed by atoms with Crippen LogP contribution in [0.15, 0.2) is 47.6 Å². The Morgan fingerprint density at radius 2 is 1.78 bits per heavy atom. The van der Waals surface area contributed by atoms with Gasteiger partial charge in [-0.3, -0.25) is 0 Å². The second-order valence-corrected chi connectivity index (χ2v) is 6.98. The number of aromatic nitrogens is 3. The number of anilines is 2. The molecule has 0 unspecified atom stereocenters. The smallest absolute Gasteiger partial charge is 0.231 e. The van der Waals surface area contributed by atoms with Gasteiger partial charge in [0.05, 0.1) is 30.8 Å². The van der Waals surface area contributed by atoms with Crippen LogP contribution in [-0.2, 0) is 10.6 Å². The summed E-state index contributed by atoms with van der Waals surface area (Å²) in [5.41, 5.74) is 2.06. The first-order valence-corrected chi connectivity index (χ1v) is 9.24. The van der Waals surface area contributed by atoms with Gasteiger partial charge in [0.2, 0.25) is 11.1 Å². The quantitative estimate of drug-likeness (QED) is 0.562. The van der Waals surface area contributed by atoms with Gasteiger partial charge in [0, 0.05) is 22.2 Å². The van der Waals surface area contributed by atoms with Crippen molar-refractivity contribution in [2.24, 2.45) is 0 Å². The van der Waals surface area contributed by atoms with Crippen LogP contribution >= 0.6 is 35.2 Å². The third-order valence-electron chi connectivity index (χ3n) is 3.49. The molecule has 0 atom stereocenters. The van der Waals surface area contributed by atoms with Crippen molar-refractivity contribution >= 4 is 46.9 Å². The number of hydrogen-bond donors (Lipinski definition) is 1. The molecule has 0 aliphatic carbocycles. The number of hydrogen-bond acceptors (Lipinski definition) is 7. The predicted octanol–water partition coefficient (Wildman–Crippen LogP) is 5.04. The second kappa shape index (κ2) is 9.02. The fourth-order valence-corrected chi connectivity index (χ4v) is 3.21. The standard InChI is InChI=1S/C18H13Cl2N5OS/c1-26-27-18-24-16(9-13-14(19)3-2-4-15(13)20)23-17(25-18)22-12-7-5-11(10-21)6-8-12/h2-8H,9H2,1H3,(H,22,23,24,25). The topological polar surface area (TPSA) is 83.7 Å². The highest BCUT2D eigenvalue weighted by Gasteiger charge is 2.13. The number of halogens is 2. The summed E-state index contributed by atoms with van der Waals surface area (Å²) >= 11 is 13.5. The molecule has 0 saturated carbocycles. The van der Waals surface area contributed by atoms with E-state index in [0.717, 1.165) is 23.3 Å². The molecule has 1 heterocycles. The lowest BCUT2D eigenvalue weighted by molar-refractivity contribution is 0.485. The summed E-state index contributed by atoms with van der Waals surface area (Å²) in [6.07, 6.45) is 0.348. The molecule has 0 aliphatic heterocycles. The highest BCUT2D eigenvalue weighted by Crippen LogP contribution is 2.27. The van der Waals surface area contributed by atoms with Gasteiger partial charge in [0.1, 0.15) is 5.82 Å². The zero-order valence-corrected chi connectivity index (χ0v) is 16.4.